The molecule has 0 aliphatic heterocycles. The molecule has 1 atom stereocenters. The fourth-order valence-corrected chi connectivity index (χ4v) is 1.56. The Hall–Kier alpha value is -1.09. The summed E-state index contributed by atoms with van der Waals surface area (Å²) in [5.74, 6) is -0.565. The van der Waals surface area contributed by atoms with Gasteiger partial charge in [0.15, 0.2) is 0 Å². The first-order chi connectivity index (χ1) is 7.04. The van der Waals surface area contributed by atoms with Crippen LogP contribution in [0.3, 0.4) is 0 Å². The van der Waals surface area contributed by atoms with E-state index in [1.807, 2.05) is 13.8 Å². The number of halogens is 2. The van der Waals surface area contributed by atoms with Gasteiger partial charge in [-0.1, -0.05) is 6.07 Å². The van der Waals surface area contributed by atoms with E-state index in [0.29, 0.717) is 0 Å². The third kappa shape index (κ3) is 3.20. The second-order valence-corrected chi connectivity index (χ2v) is 3.69. The van der Waals surface area contributed by atoms with Crippen LogP contribution in [-0.2, 0) is 4.79 Å². The van der Waals surface area contributed by atoms with Crippen molar-refractivity contribution >= 4 is 17.5 Å². The Labute approximate surface area is 93.4 Å². The summed E-state index contributed by atoms with van der Waals surface area (Å²) in [5, 5.41) is 2.71. The minimum absolute atomic E-state index is 0.0649. The van der Waals surface area contributed by atoms with Crippen LogP contribution in [0, 0.1) is 12.7 Å². The molecule has 15 heavy (non-hydrogen) atoms. The predicted molar refractivity (Wildman–Crippen MR) is 58.4 cm³/mol. The van der Waals surface area contributed by atoms with Gasteiger partial charge in [0, 0.05) is 0 Å². The monoisotopic (exact) mass is 229 g/mol. The second kappa shape index (κ2) is 5.12. The third-order valence-electron chi connectivity index (χ3n) is 2.20. The van der Waals surface area contributed by atoms with Gasteiger partial charge in [-0.05, 0) is 37.1 Å². The molecule has 0 aromatic heterocycles. The number of hydrogen-bond donors (Lipinski definition) is 1. The van der Waals surface area contributed by atoms with Gasteiger partial charge >= 0.3 is 0 Å². The molecule has 0 bridgehead atoms. The van der Waals surface area contributed by atoms with Crippen LogP contribution in [0.5, 0.6) is 0 Å². The standard InChI is InChI=1S/C11H13ClFNO/c1-7-5-9(13)3-4-10(7)8(2)14-11(15)6-12/h3-5,8H,6H2,1-2H3,(H,14,15)/t8-/m1/s1. The Balaban J connectivity index is 2.82. The number of carbonyl (C=O) groups excluding carboxylic acids is 1. The highest BCUT2D eigenvalue weighted by molar-refractivity contribution is 6.27. The van der Waals surface area contributed by atoms with Crippen LogP contribution in [0.25, 0.3) is 0 Å². The molecular weight excluding hydrogens is 217 g/mol. The summed E-state index contributed by atoms with van der Waals surface area (Å²) in [4.78, 5) is 11.1. The molecule has 4 heteroatoms. The fraction of sp³-hybridized carbons (Fsp3) is 0.364. The van der Waals surface area contributed by atoms with Crippen molar-refractivity contribution in [3.8, 4) is 0 Å². The molecule has 1 rings (SSSR count). The lowest BCUT2D eigenvalue weighted by atomic mass is 10.0. The van der Waals surface area contributed by atoms with E-state index in [1.165, 1.54) is 12.1 Å². The smallest absolute Gasteiger partial charge is 0.235 e. The normalized spacial score (nSPS) is 12.3. The van der Waals surface area contributed by atoms with E-state index in [9.17, 15) is 9.18 Å². The first kappa shape index (κ1) is 12.0. The van der Waals surface area contributed by atoms with E-state index < -0.39 is 0 Å². The number of carbonyl (C=O) groups is 1. The van der Waals surface area contributed by atoms with E-state index in [0.717, 1.165) is 11.1 Å². The summed E-state index contributed by atoms with van der Waals surface area (Å²) in [6.07, 6.45) is 0. The van der Waals surface area contributed by atoms with Gasteiger partial charge in [0.05, 0.1) is 6.04 Å². The van der Waals surface area contributed by atoms with E-state index in [4.69, 9.17) is 11.6 Å². The molecule has 1 amide bonds. The highest BCUT2D eigenvalue weighted by atomic mass is 35.5. The molecule has 1 aromatic carbocycles. The van der Waals surface area contributed by atoms with Crippen LogP contribution in [0.4, 0.5) is 4.39 Å². The molecule has 0 fully saturated rings. The summed E-state index contributed by atoms with van der Waals surface area (Å²) < 4.78 is 12.8. The number of aryl methyl sites for hydroxylation is 1. The SMILES string of the molecule is Cc1cc(F)ccc1[C@@H](C)NC(=O)CCl. The molecule has 1 aromatic rings. The number of amides is 1. The molecule has 82 valence electrons. The highest BCUT2D eigenvalue weighted by Gasteiger charge is 2.11. The van der Waals surface area contributed by atoms with Gasteiger partial charge in [-0.15, -0.1) is 11.6 Å². The molecule has 0 saturated heterocycles. The quantitative estimate of drug-likeness (QED) is 0.793. The van der Waals surface area contributed by atoms with Crippen molar-refractivity contribution in [3.63, 3.8) is 0 Å². The first-order valence-electron chi connectivity index (χ1n) is 4.66. The van der Waals surface area contributed by atoms with Gasteiger partial charge < -0.3 is 5.32 Å². The van der Waals surface area contributed by atoms with Crippen LogP contribution in [0.15, 0.2) is 18.2 Å². The molecule has 0 saturated carbocycles. The van der Waals surface area contributed by atoms with E-state index in [-0.39, 0.29) is 23.6 Å². The Morgan fingerprint density at radius 1 is 1.60 bits per heavy atom. The summed E-state index contributed by atoms with van der Waals surface area (Å²) in [6, 6.07) is 4.34. The van der Waals surface area contributed by atoms with Crippen molar-refractivity contribution < 1.29 is 9.18 Å². The minimum atomic E-state index is -0.271. The highest BCUT2D eigenvalue weighted by Crippen LogP contribution is 2.18. The summed E-state index contributed by atoms with van der Waals surface area (Å²) in [6.45, 7) is 3.65. The maximum Gasteiger partial charge on any atom is 0.235 e. The van der Waals surface area contributed by atoms with Gasteiger partial charge in [-0.2, -0.15) is 0 Å². The molecule has 0 spiro atoms. The van der Waals surface area contributed by atoms with Crippen LogP contribution in [-0.4, -0.2) is 11.8 Å². The molecule has 0 aliphatic carbocycles. The van der Waals surface area contributed by atoms with Crippen molar-refractivity contribution in [3.05, 3.63) is 35.1 Å². The van der Waals surface area contributed by atoms with Crippen molar-refractivity contribution in [2.45, 2.75) is 19.9 Å². The summed E-state index contributed by atoms with van der Waals surface area (Å²) >= 11 is 5.38. The van der Waals surface area contributed by atoms with Crippen LogP contribution in [0.2, 0.25) is 0 Å². The Kier molecular flexibility index (Phi) is 4.09. The number of nitrogens with one attached hydrogen (secondary N) is 1. The van der Waals surface area contributed by atoms with Gasteiger partial charge in [0.1, 0.15) is 11.7 Å². The average Bonchev–Trinajstić information content (AvgIpc) is 2.17. The van der Waals surface area contributed by atoms with Crippen molar-refractivity contribution in [2.75, 3.05) is 5.88 Å². The van der Waals surface area contributed by atoms with E-state index in [1.54, 1.807) is 6.07 Å². The first-order valence-corrected chi connectivity index (χ1v) is 5.19. The minimum Gasteiger partial charge on any atom is -0.349 e. The van der Waals surface area contributed by atoms with Crippen molar-refractivity contribution in [2.24, 2.45) is 0 Å². The summed E-state index contributed by atoms with van der Waals surface area (Å²) in [5.41, 5.74) is 1.72. The maximum atomic E-state index is 12.8. The second-order valence-electron chi connectivity index (χ2n) is 3.42. The Morgan fingerprint density at radius 3 is 2.80 bits per heavy atom. The van der Waals surface area contributed by atoms with Crippen molar-refractivity contribution in [1.29, 1.82) is 0 Å². The number of hydrogen-bond acceptors (Lipinski definition) is 1. The van der Waals surface area contributed by atoms with Crippen LogP contribution < -0.4 is 5.32 Å². The van der Waals surface area contributed by atoms with Gasteiger partial charge in [0.2, 0.25) is 5.91 Å². The van der Waals surface area contributed by atoms with Crippen LogP contribution in [0.1, 0.15) is 24.1 Å². The zero-order valence-electron chi connectivity index (χ0n) is 8.68. The largest absolute Gasteiger partial charge is 0.349 e. The lowest BCUT2D eigenvalue weighted by Crippen LogP contribution is -2.27. The zero-order chi connectivity index (χ0) is 11.4. The molecule has 0 aliphatic rings. The van der Waals surface area contributed by atoms with E-state index >= 15 is 0 Å². The number of rotatable bonds is 3. The average molecular weight is 230 g/mol. The topological polar surface area (TPSA) is 29.1 Å². The zero-order valence-corrected chi connectivity index (χ0v) is 9.44. The fourth-order valence-electron chi connectivity index (χ4n) is 1.48. The number of alkyl halides is 1. The molecule has 2 nitrogen and oxygen atoms in total. The predicted octanol–water partition coefficient (Wildman–Crippen LogP) is 2.55. The molecular formula is C11H13ClFNO. The van der Waals surface area contributed by atoms with Gasteiger partial charge in [-0.3, -0.25) is 4.79 Å². The molecule has 0 heterocycles. The third-order valence-corrected chi connectivity index (χ3v) is 2.44. The van der Waals surface area contributed by atoms with Crippen molar-refractivity contribution in [1.82, 2.24) is 5.32 Å². The molecule has 1 N–H and O–H groups in total. The van der Waals surface area contributed by atoms with E-state index in [2.05, 4.69) is 5.32 Å². The van der Waals surface area contributed by atoms with Gasteiger partial charge in [0.25, 0.3) is 0 Å². The number of benzene rings is 1. The van der Waals surface area contributed by atoms with Gasteiger partial charge in [-0.25, -0.2) is 4.39 Å². The lowest BCUT2D eigenvalue weighted by molar-refractivity contribution is -0.119. The summed E-state index contributed by atoms with van der Waals surface area (Å²) in [7, 11) is 0. The van der Waals surface area contributed by atoms with Crippen LogP contribution >= 0.6 is 11.6 Å². The maximum absolute atomic E-state index is 12.8. The Bertz CT molecular complexity index is 368. The lowest BCUT2D eigenvalue weighted by Gasteiger charge is -2.15. The Morgan fingerprint density at radius 2 is 2.27 bits per heavy atom. The molecule has 0 radical (unpaired) electrons. The molecule has 0 unspecified atom stereocenters.